The van der Waals surface area contributed by atoms with Crippen LogP contribution in [0.2, 0.25) is 10.0 Å². The number of sulfonamides is 1. The molecule has 0 radical (unpaired) electrons. The standard InChI is InChI=1S/C18H20Cl2N2O2S/c1-2-10-22-11-14(12-22)13-6-8-15(9-7-13)21-25(23,24)17-5-3-4-16(19)18(17)20/h3-9,14,21H,2,10-12H2,1H3. The van der Waals surface area contributed by atoms with Crippen LogP contribution >= 0.6 is 23.2 Å². The minimum absolute atomic E-state index is 0.0266. The van der Waals surface area contributed by atoms with Gasteiger partial charge in [-0.2, -0.15) is 0 Å². The number of hydrogen-bond donors (Lipinski definition) is 1. The van der Waals surface area contributed by atoms with E-state index < -0.39 is 10.0 Å². The molecule has 0 unspecified atom stereocenters. The molecule has 0 spiro atoms. The quantitative estimate of drug-likeness (QED) is 0.772. The lowest BCUT2D eigenvalue weighted by Crippen LogP contribution is -2.45. The maximum Gasteiger partial charge on any atom is 0.263 e. The lowest BCUT2D eigenvalue weighted by atomic mass is 9.91. The summed E-state index contributed by atoms with van der Waals surface area (Å²) in [6.07, 6.45) is 1.17. The second-order valence-electron chi connectivity index (χ2n) is 6.24. The van der Waals surface area contributed by atoms with E-state index in [2.05, 4.69) is 16.5 Å². The van der Waals surface area contributed by atoms with Crippen LogP contribution in [-0.4, -0.2) is 33.0 Å². The summed E-state index contributed by atoms with van der Waals surface area (Å²) in [5, 5.41) is 0.236. The lowest BCUT2D eigenvalue weighted by Gasteiger charge is -2.39. The Kier molecular flexibility index (Phi) is 5.58. The van der Waals surface area contributed by atoms with Gasteiger partial charge in [0, 0.05) is 24.7 Å². The molecule has 134 valence electrons. The third-order valence-electron chi connectivity index (χ3n) is 4.34. The first-order valence-electron chi connectivity index (χ1n) is 8.20. The number of nitrogens with one attached hydrogen (secondary N) is 1. The van der Waals surface area contributed by atoms with Crippen LogP contribution in [0.1, 0.15) is 24.8 Å². The fourth-order valence-corrected chi connectivity index (χ4v) is 4.83. The highest BCUT2D eigenvalue weighted by atomic mass is 35.5. The summed E-state index contributed by atoms with van der Waals surface area (Å²) in [5.74, 6) is 0.527. The third-order valence-corrected chi connectivity index (χ3v) is 6.69. The normalized spacial score (nSPS) is 15.8. The second kappa shape index (κ2) is 7.54. The van der Waals surface area contributed by atoms with Crippen LogP contribution in [-0.2, 0) is 10.0 Å². The number of nitrogens with zero attached hydrogens (tertiary/aromatic N) is 1. The summed E-state index contributed by atoms with van der Waals surface area (Å²) in [6.45, 7) is 5.45. The zero-order valence-corrected chi connectivity index (χ0v) is 16.2. The van der Waals surface area contributed by atoms with Crippen LogP contribution in [0, 0.1) is 0 Å². The molecule has 0 aromatic heterocycles. The van der Waals surface area contributed by atoms with Crippen molar-refractivity contribution in [1.82, 2.24) is 4.90 Å². The Balaban J connectivity index is 1.70. The first-order valence-corrected chi connectivity index (χ1v) is 10.4. The van der Waals surface area contributed by atoms with Crippen molar-refractivity contribution < 1.29 is 8.42 Å². The monoisotopic (exact) mass is 398 g/mol. The molecule has 1 saturated heterocycles. The molecular formula is C18H20Cl2N2O2S. The number of anilines is 1. The minimum Gasteiger partial charge on any atom is -0.302 e. The van der Waals surface area contributed by atoms with Crippen molar-refractivity contribution in [3.8, 4) is 0 Å². The molecule has 2 aromatic carbocycles. The van der Waals surface area contributed by atoms with Gasteiger partial charge in [0.05, 0.1) is 10.0 Å². The third kappa shape index (κ3) is 4.11. The summed E-state index contributed by atoms with van der Waals surface area (Å²) < 4.78 is 27.6. The molecule has 1 aliphatic heterocycles. The number of benzene rings is 2. The van der Waals surface area contributed by atoms with Gasteiger partial charge in [0.15, 0.2) is 0 Å². The van der Waals surface area contributed by atoms with Crippen molar-refractivity contribution in [2.75, 3.05) is 24.4 Å². The average molecular weight is 399 g/mol. The topological polar surface area (TPSA) is 49.4 Å². The van der Waals surface area contributed by atoms with Crippen LogP contribution < -0.4 is 4.72 Å². The Bertz CT molecular complexity index is 848. The summed E-state index contributed by atoms with van der Waals surface area (Å²) in [7, 11) is -3.78. The SMILES string of the molecule is CCCN1CC(c2ccc(NS(=O)(=O)c3cccc(Cl)c3Cl)cc2)C1. The molecule has 1 N–H and O–H groups in total. The van der Waals surface area contributed by atoms with Gasteiger partial charge in [0.1, 0.15) is 4.90 Å². The summed E-state index contributed by atoms with van der Waals surface area (Å²) >= 11 is 11.9. The molecule has 1 aliphatic rings. The van der Waals surface area contributed by atoms with Crippen LogP contribution in [0.4, 0.5) is 5.69 Å². The van der Waals surface area contributed by atoms with E-state index in [0.717, 1.165) is 19.6 Å². The first-order chi connectivity index (χ1) is 11.9. The van der Waals surface area contributed by atoms with E-state index in [1.54, 1.807) is 24.3 Å². The number of halogens is 2. The van der Waals surface area contributed by atoms with Crippen LogP contribution in [0.25, 0.3) is 0 Å². The van der Waals surface area contributed by atoms with E-state index in [0.29, 0.717) is 11.6 Å². The minimum atomic E-state index is -3.78. The van der Waals surface area contributed by atoms with Gasteiger partial charge in [-0.25, -0.2) is 8.42 Å². The van der Waals surface area contributed by atoms with E-state index in [1.807, 2.05) is 12.1 Å². The van der Waals surface area contributed by atoms with Gasteiger partial charge in [-0.1, -0.05) is 48.3 Å². The number of rotatable bonds is 6. The summed E-state index contributed by atoms with van der Waals surface area (Å²) in [4.78, 5) is 2.39. The molecule has 7 heteroatoms. The van der Waals surface area contributed by atoms with Gasteiger partial charge in [0.25, 0.3) is 10.0 Å². The van der Waals surface area contributed by atoms with Gasteiger partial charge in [-0.3, -0.25) is 4.72 Å². The van der Waals surface area contributed by atoms with Gasteiger partial charge in [-0.05, 0) is 42.8 Å². The van der Waals surface area contributed by atoms with Gasteiger partial charge in [0.2, 0.25) is 0 Å². The number of hydrogen-bond acceptors (Lipinski definition) is 3. The average Bonchev–Trinajstić information content (AvgIpc) is 2.53. The van der Waals surface area contributed by atoms with Gasteiger partial charge < -0.3 is 4.90 Å². The van der Waals surface area contributed by atoms with Gasteiger partial charge >= 0.3 is 0 Å². The predicted molar refractivity (Wildman–Crippen MR) is 103 cm³/mol. The Hall–Kier alpha value is -1.27. The highest BCUT2D eigenvalue weighted by Gasteiger charge is 2.27. The molecule has 1 fully saturated rings. The van der Waals surface area contributed by atoms with Crippen molar-refractivity contribution in [1.29, 1.82) is 0 Å². The van der Waals surface area contributed by atoms with E-state index in [9.17, 15) is 8.42 Å². The zero-order valence-electron chi connectivity index (χ0n) is 13.9. The smallest absolute Gasteiger partial charge is 0.263 e. The van der Waals surface area contributed by atoms with Gasteiger partial charge in [-0.15, -0.1) is 0 Å². The molecule has 0 bridgehead atoms. The molecule has 0 atom stereocenters. The van der Waals surface area contributed by atoms with Crippen molar-refractivity contribution in [3.05, 3.63) is 58.1 Å². The highest BCUT2D eigenvalue weighted by Crippen LogP contribution is 2.31. The number of likely N-dealkylation sites (tertiary alicyclic amines) is 1. The molecule has 0 saturated carbocycles. The highest BCUT2D eigenvalue weighted by molar-refractivity contribution is 7.92. The van der Waals surface area contributed by atoms with Crippen LogP contribution in [0.15, 0.2) is 47.4 Å². The molecule has 4 nitrogen and oxygen atoms in total. The van der Waals surface area contributed by atoms with Crippen molar-refractivity contribution in [2.24, 2.45) is 0 Å². The first kappa shape index (κ1) is 18.5. The van der Waals surface area contributed by atoms with Crippen molar-refractivity contribution in [2.45, 2.75) is 24.2 Å². The molecule has 0 amide bonds. The fourth-order valence-electron chi connectivity index (χ4n) is 3.00. The lowest BCUT2D eigenvalue weighted by molar-refractivity contribution is 0.149. The summed E-state index contributed by atoms with van der Waals surface area (Å²) in [6, 6.07) is 12.1. The molecular weight excluding hydrogens is 379 g/mol. The zero-order chi connectivity index (χ0) is 18.0. The van der Waals surface area contributed by atoms with Crippen LogP contribution in [0.3, 0.4) is 0 Å². The summed E-state index contributed by atoms with van der Waals surface area (Å²) in [5.41, 5.74) is 1.74. The van der Waals surface area contributed by atoms with E-state index in [-0.39, 0.29) is 14.9 Å². The fraction of sp³-hybridized carbons (Fsp3) is 0.333. The van der Waals surface area contributed by atoms with Crippen molar-refractivity contribution >= 4 is 38.9 Å². The Morgan fingerprint density at radius 3 is 2.44 bits per heavy atom. The largest absolute Gasteiger partial charge is 0.302 e. The maximum absolute atomic E-state index is 12.5. The maximum atomic E-state index is 12.5. The van der Waals surface area contributed by atoms with E-state index in [1.165, 1.54) is 18.1 Å². The molecule has 25 heavy (non-hydrogen) atoms. The van der Waals surface area contributed by atoms with E-state index in [4.69, 9.17) is 23.2 Å². The van der Waals surface area contributed by atoms with E-state index >= 15 is 0 Å². The molecule has 2 aromatic rings. The molecule has 3 rings (SSSR count). The van der Waals surface area contributed by atoms with Crippen LogP contribution in [0.5, 0.6) is 0 Å². The Labute approximate surface area is 158 Å². The Morgan fingerprint density at radius 1 is 1.12 bits per heavy atom. The van der Waals surface area contributed by atoms with Crippen molar-refractivity contribution in [3.63, 3.8) is 0 Å². The predicted octanol–water partition coefficient (Wildman–Crippen LogP) is 4.60. The molecule has 0 aliphatic carbocycles. The second-order valence-corrected chi connectivity index (χ2v) is 8.67. The Morgan fingerprint density at radius 2 is 1.80 bits per heavy atom. The molecule has 1 heterocycles.